The van der Waals surface area contributed by atoms with Crippen molar-refractivity contribution in [3.8, 4) is 0 Å². The summed E-state index contributed by atoms with van der Waals surface area (Å²) in [5.74, 6) is 5.66. The van der Waals surface area contributed by atoms with Crippen molar-refractivity contribution in [2.75, 3.05) is 0 Å². The fourth-order valence-corrected chi connectivity index (χ4v) is 2.20. The van der Waals surface area contributed by atoms with Crippen molar-refractivity contribution in [3.05, 3.63) is 35.4 Å². The molecule has 2 nitrogen and oxygen atoms in total. The van der Waals surface area contributed by atoms with E-state index in [1.807, 2.05) is 0 Å². The van der Waals surface area contributed by atoms with E-state index in [0.29, 0.717) is 6.04 Å². The summed E-state index contributed by atoms with van der Waals surface area (Å²) in [6.07, 6.45) is 7.25. The van der Waals surface area contributed by atoms with Crippen LogP contribution >= 0.6 is 0 Å². The lowest BCUT2D eigenvalue weighted by Crippen LogP contribution is -2.28. The molecule has 1 aromatic carbocycles. The summed E-state index contributed by atoms with van der Waals surface area (Å²) in [5, 5.41) is 0. The van der Waals surface area contributed by atoms with Crippen molar-refractivity contribution >= 4 is 0 Å². The van der Waals surface area contributed by atoms with Crippen LogP contribution in [-0.4, -0.2) is 0 Å². The molecule has 0 fully saturated rings. The van der Waals surface area contributed by atoms with Gasteiger partial charge in [-0.15, -0.1) is 0 Å². The molecule has 0 saturated carbocycles. The third-order valence-corrected chi connectivity index (χ3v) is 3.19. The van der Waals surface area contributed by atoms with Crippen molar-refractivity contribution < 1.29 is 0 Å². The number of rotatable bonds is 8. The zero-order valence-corrected chi connectivity index (χ0v) is 11.2. The molecule has 0 saturated heterocycles. The van der Waals surface area contributed by atoms with E-state index in [0.717, 1.165) is 12.8 Å². The number of nitrogens with one attached hydrogen (secondary N) is 1. The first kappa shape index (κ1) is 14.2. The molecule has 17 heavy (non-hydrogen) atoms. The van der Waals surface area contributed by atoms with E-state index < -0.39 is 0 Å². The van der Waals surface area contributed by atoms with E-state index in [-0.39, 0.29) is 0 Å². The minimum atomic E-state index is 0.304. The van der Waals surface area contributed by atoms with E-state index in [2.05, 4.69) is 43.5 Å². The second-order valence-corrected chi connectivity index (χ2v) is 4.71. The number of hydrazine groups is 1. The number of hydrogen-bond acceptors (Lipinski definition) is 2. The van der Waals surface area contributed by atoms with Gasteiger partial charge in [0.15, 0.2) is 0 Å². The third-order valence-electron chi connectivity index (χ3n) is 3.19. The molecule has 0 heterocycles. The smallest absolute Gasteiger partial charge is 0.0460 e. The molecule has 3 N–H and O–H groups in total. The third kappa shape index (κ3) is 4.88. The average Bonchev–Trinajstić information content (AvgIpc) is 2.35. The Labute approximate surface area is 106 Å². The van der Waals surface area contributed by atoms with Gasteiger partial charge in [0, 0.05) is 6.04 Å². The quantitative estimate of drug-likeness (QED) is 0.409. The highest BCUT2D eigenvalue weighted by atomic mass is 15.2. The molecule has 0 aromatic heterocycles. The van der Waals surface area contributed by atoms with Crippen molar-refractivity contribution in [2.24, 2.45) is 5.84 Å². The topological polar surface area (TPSA) is 38.0 Å². The first-order chi connectivity index (χ1) is 8.31. The van der Waals surface area contributed by atoms with Crippen molar-refractivity contribution in [1.29, 1.82) is 0 Å². The average molecular weight is 234 g/mol. The van der Waals surface area contributed by atoms with Crippen LogP contribution < -0.4 is 11.3 Å². The van der Waals surface area contributed by atoms with Crippen LogP contribution in [0.4, 0.5) is 0 Å². The maximum Gasteiger partial charge on any atom is 0.0460 e. The largest absolute Gasteiger partial charge is 0.271 e. The highest BCUT2D eigenvalue weighted by Crippen LogP contribution is 2.20. The summed E-state index contributed by atoms with van der Waals surface area (Å²) in [5.41, 5.74) is 5.69. The molecule has 0 aliphatic rings. The molecular formula is C15H26N2. The van der Waals surface area contributed by atoms with Gasteiger partial charge in [0.1, 0.15) is 0 Å². The fourth-order valence-electron chi connectivity index (χ4n) is 2.20. The Morgan fingerprint density at radius 2 is 2.00 bits per heavy atom. The summed E-state index contributed by atoms with van der Waals surface area (Å²) < 4.78 is 0. The van der Waals surface area contributed by atoms with Gasteiger partial charge in [0.2, 0.25) is 0 Å². The Kier molecular flexibility index (Phi) is 6.90. The Bertz CT molecular complexity index is 310. The molecule has 0 amide bonds. The van der Waals surface area contributed by atoms with Crippen LogP contribution in [0.5, 0.6) is 0 Å². The van der Waals surface area contributed by atoms with Gasteiger partial charge in [-0.25, -0.2) is 0 Å². The van der Waals surface area contributed by atoms with Gasteiger partial charge in [0.05, 0.1) is 0 Å². The van der Waals surface area contributed by atoms with Crippen LogP contribution in [0.1, 0.15) is 63.1 Å². The second kappa shape index (κ2) is 8.26. The van der Waals surface area contributed by atoms with Gasteiger partial charge in [-0.05, 0) is 24.0 Å². The Hall–Kier alpha value is -0.860. The summed E-state index contributed by atoms with van der Waals surface area (Å²) >= 11 is 0. The zero-order chi connectivity index (χ0) is 12.5. The molecule has 1 rings (SSSR count). The van der Waals surface area contributed by atoms with Crippen LogP contribution in [0.25, 0.3) is 0 Å². The van der Waals surface area contributed by atoms with Gasteiger partial charge in [-0.1, -0.05) is 63.8 Å². The van der Waals surface area contributed by atoms with E-state index in [9.17, 15) is 0 Å². The molecule has 0 radical (unpaired) electrons. The highest BCUT2D eigenvalue weighted by molar-refractivity contribution is 5.26. The summed E-state index contributed by atoms with van der Waals surface area (Å²) in [4.78, 5) is 0. The molecule has 1 unspecified atom stereocenters. The van der Waals surface area contributed by atoms with Crippen molar-refractivity contribution in [2.45, 2.75) is 58.4 Å². The lowest BCUT2D eigenvalue weighted by molar-refractivity contribution is 0.486. The highest BCUT2D eigenvalue weighted by Gasteiger charge is 2.09. The lowest BCUT2D eigenvalue weighted by atomic mass is 9.98. The predicted octanol–water partition coefficient (Wildman–Crippen LogP) is 3.72. The van der Waals surface area contributed by atoms with E-state index >= 15 is 0 Å². The van der Waals surface area contributed by atoms with Crippen LogP contribution in [0.2, 0.25) is 0 Å². The molecular weight excluding hydrogens is 208 g/mol. The number of nitrogens with two attached hydrogens (primary N) is 1. The fraction of sp³-hybridized carbons (Fsp3) is 0.600. The van der Waals surface area contributed by atoms with Gasteiger partial charge in [-0.2, -0.15) is 0 Å². The van der Waals surface area contributed by atoms with Crippen LogP contribution in [-0.2, 0) is 6.42 Å². The van der Waals surface area contributed by atoms with Crippen LogP contribution in [0.15, 0.2) is 24.3 Å². The molecule has 0 aliphatic carbocycles. The number of unbranched alkanes of at least 4 members (excludes halogenated alkanes) is 2. The number of hydrogen-bond donors (Lipinski definition) is 2. The standard InChI is InChI=1S/C15H26N2/c1-3-5-6-11-15(17-16)14-10-7-9-13(12-14)8-4-2/h7,9-10,12,15,17H,3-6,8,11,16H2,1-2H3. The van der Waals surface area contributed by atoms with Gasteiger partial charge in [0.25, 0.3) is 0 Å². The minimum Gasteiger partial charge on any atom is -0.271 e. The lowest BCUT2D eigenvalue weighted by Gasteiger charge is -2.17. The van der Waals surface area contributed by atoms with Gasteiger partial charge < -0.3 is 0 Å². The molecule has 0 spiro atoms. The van der Waals surface area contributed by atoms with E-state index in [4.69, 9.17) is 5.84 Å². The molecule has 2 heteroatoms. The summed E-state index contributed by atoms with van der Waals surface area (Å²) in [6.45, 7) is 4.44. The molecule has 0 bridgehead atoms. The van der Waals surface area contributed by atoms with Gasteiger partial charge >= 0.3 is 0 Å². The number of benzene rings is 1. The van der Waals surface area contributed by atoms with Crippen molar-refractivity contribution in [1.82, 2.24) is 5.43 Å². The first-order valence-corrected chi connectivity index (χ1v) is 6.86. The van der Waals surface area contributed by atoms with E-state index in [1.165, 1.54) is 36.8 Å². The van der Waals surface area contributed by atoms with Crippen LogP contribution in [0.3, 0.4) is 0 Å². The Balaban J connectivity index is 2.63. The van der Waals surface area contributed by atoms with Gasteiger partial charge in [-0.3, -0.25) is 11.3 Å². The van der Waals surface area contributed by atoms with E-state index in [1.54, 1.807) is 0 Å². The normalized spacial score (nSPS) is 12.6. The Morgan fingerprint density at radius 1 is 1.18 bits per heavy atom. The first-order valence-electron chi connectivity index (χ1n) is 6.86. The SMILES string of the molecule is CCCCCC(NN)c1cccc(CCC)c1. The molecule has 96 valence electrons. The summed E-state index contributed by atoms with van der Waals surface area (Å²) in [7, 11) is 0. The number of aryl methyl sites for hydroxylation is 1. The summed E-state index contributed by atoms with van der Waals surface area (Å²) in [6, 6.07) is 9.12. The second-order valence-electron chi connectivity index (χ2n) is 4.71. The molecule has 1 atom stereocenters. The minimum absolute atomic E-state index is 0.304. The predicted molar refractivity (Wildman–Crippen MR) is 74.6 cm³/mol. The van der Waals surface area contributed by atoms with Crippen LogP contribution in [0, 0.1) is 0 Å². The monoisotopic (exact) mass is 234 g/mol. The van der Waals surface area contributed by atoms with Crippen molar-refractivity contribution in [3.63, 3.8) is 0 Å². The molecule has 1 aromatic rings. The maximum absolute atomic E-state index is 5.66. The zero-order valence-electron chi connectivity index (χ0n) is 11.2. The Morgan fingerprint density at radius 3 is 2.65 bits per heavy atom. The maximum atomic E-state index is 5.66. The molecule has 0 aliphatic heterocycles.